The number of benzene rings is 1. The number of nitrogens with one attached hydrogen (secondary N) is 1. The lowest BCUT2D eigenvalue weighted by atomic mass is 10.2. The van der Waals surface area contributed by atoms with Gasteiger partial charge >= 0.3 is 11.9 Å². The Morgan fingerprint density at radius 2 is 1.80 bits per heavy atom. The van der Waals surface area contributed by atoms with E-state index in [0.29, 0.717) is 5.69 Å². The van der Waals surface area contributed by atoms with Crippen LogP contribution < -0.4 is 5.32 Å². The first kappa shape index (κ1) is 13.9. The van der Waals surface area contributed by atoms with Gasteiger partial charge in [0.05, 0.1) is 0 Å². The molecule has 0 spiro atoms. The summed E-state index contributed by atoms with van der Waals surface area (Å²) in [6, 6.07) is 4.89. The smallest absolute Gasteiger partial charge is 0.350 e. The summed E-state index contributed by atoms with van der Waals surface area (Å²) >= 11 is 0. The van der Waals surface area contributed by atoms with Gasteiger partial charge in [-0.15, -0.1) is 0 Å². The van der Waals surface area contributed by atoms with E-state index in [2.05, 4.69) is 5.32 Å². The molecular formula is C14H15NO5. The van der Waals surface area contributed by atoms with E-state index in [1.807, 2.05) is 0 Å². The van der Waals surface area contributed by atoms with Gasteiger partial charge in [-0.25, -0.2) is 9.59 Å². The second kappa shape index (κ2) is 4.88. The fraction of sp³-hybridized carbons (Fsp3) is 0.286. The molecule has 0 radical (unpaired) electrons. The van der Waals surface area contributed by atoms with Gasteiger partial charge in [-0.05, 0) is 18.6 Å². The van der Waals surface area contributed by atoms with Crippen molar-refractivity contribution in [1.29, 1.82) is 0 Å². The molecule has 0 saturated carbocycles. The van der Waals surface area contributed by atoms with Crippen LogP contribution in [0.5, 0.6) is 5.75 Å². The number of esters is 2. The highest BCUT2D eigenvalue weighted by atomic mass is 16.7. The lowest BCUT2D eigenvalue weighted by Crippen LogP contribution is -2.42. The minimum Gasteiger partial charge on any atom is -0.508 e. The average Bonchev–Trinajstić information content (AvgIpc) is 2.31. The normalized spacial score (nSPS) is 17.2. The van der Waals surface area contributed by atoms with E-state index >= 15 is 0 Å². The Hall–Kier alpha value is -2.50. The molecule has 6 heteroatoms. The molecule has 0 bridgehead atoms. The molecule has 106 valence electrons. The molecule has 1 aromatic rings. The summed E-state index contributed by atoms with van der Waals surface area (Å²) in [6.45, 7) is 4.71. The van der Waals surface area contributed by atoms with Gasteiger partial charge in [-0.3, -0.25) is 0 Å². The highest BCUT2D eigenvalue weighted by Gasteiger charge is 2.38. The molecule has 20 heavy (non-hydrogen) atoms. The molecular weight excluding hydrogens is 262 g/mol. The molecule has 0 unspecified atom stereocenters. The molecule has 0 atom stereocenters. The summed E-state index contributed by atoms with van der Waals surface area (Å²) in [6.07, 6.45) is 1.20. The number of cyclic esters (lactones) is 2. The number of phenolic OH excluding ortho intramolecular Hbond substituents is 1. The van der Waals surface area contributed by atoms with Gasteiger partial charge in [0.2, 0.25) is 0 Å². The fourth-order valence-corrected chi connectivity index (χ4v) is 1.63. The monoisotopic (exact) mass is 277 g/mol. The van der Waals surface area contributed by atoms with Crippen molar-refractivity contribution >= 4 is 17.6 Å². The van der Waals surface area contributed by atoms with E-state index in [4.69, 9.17) is 9.47 Å². The van der Waals surface area contributed by atoms with Gasteiger partial charge in [-0.1, -0.05) is 6.07 Å². The number of anilines is 1. The molecule has 2 N–H and O–H groups in total. The molecule has 1 heterocycles. The molecule has 1 fully saturated rings. The Balaban J connectivity index is 2.17. The van der Waals surface area contributed by atoms with Crippen molar-refractivity contribution in [3.63, 3.8) is 0 Å². The van der Waals surface area contributed by atoms with Crippen LogP contribution in [0.2, 0.25) is 0 Å². The Labute approximate surface area is 116 Å². The molecule has 1 saturated heterocycles. The number of aromatic hydroxyl groups is 1. The zero-order valence-corrected chi connectivity index (χ0v) is 11.4. The van der Waals surface area contributed by atoms with Crippen molar-refractivity contribution in [2.45, 2.75) is 26.6 Å². The first-order chi connectivity index (χ1) is 9.28. The summed E-state index contributed by atoms with van der Waals surface area (Å²) < 4.78 is 9.90. The van der Waals surface area contributed by atoms with E-state index in [-0.39, 0.29) is 11.3 Å². The highest BCUT2D eigenvalue weighted by Crippen LogP contribution is 2.24. The van der Waals surface area contributed by atoms with Crippen molar-refractivity contribution in [1.82, 2.24) is 0 Å². The Morgan fingerprint density at radius 1 is 1.20 bits per heavy atom. The van der Waals surface area contributed by atoms with Gasteiger partial charge in [0, 0.05) is 31.8 Å². The van der Waals surface area contributed by atoms with Gasteiger partial charge in [0.25, 0.3) is 5.79 Å². The number of hydrogen-bond donors (Lipinski definition) is 2. The molecule has 0 amide bonds. The first-order valence-corrected chi connectivity index (χ1v) is 6.01. The lowest BCUT2D eigenvalue weighted by molar-refractivity contribution is -0.222. The van der Waals surface area contributed by atoms with Gasteiger partial charge in [-0.2, -0.15) is 0 Å². The molecule has 2 rings (SSSR count). The fourth-order valence-electron chi connectivity index (χ4n) is 1.63. The maximum Gasteiger partial charge on any atom is 0.350 e. The molecule has 1 aromatic carbocycles. The van der Waals surface area contributed by atoms with Gasteiger partial charge in [0.1, 0.15) is 5.75 Å². The summed E-state index contributed by atoms with van der Waals surface area (Å²) in [5.41, 5.74) is 1.02. The van der Waals surface area contributed by atoms with Crippen LogP contribution in [0.3, 0.4) is 0 Å². The number of phenols is 1. The number of rotatable bonds is 2. The van der Waals surface area contributed by atoms with E-state index in [0.717, 1.165) is 5.56 Å². The number of aryl methyl sites for hydroxylation is 1. The maximum atomic E-state index is 11.7. The summed E-state index contributed by atoms with van der Waals surface area (Å²) in [5, 5.41) is 12.3. The van der Waals surface area contributed by atoms with Crippen LogP contribution in [-0.4, -0.2) is 22.8 Å². The van der Waals surface area contributed by atoms with Crippen LogP contribution >= 0.6 is 0 Å². The average molecular weight is 277 g/mol. The predicted octanol–water partition coefficient (Wildman–Crippen LogP) is 1.83. The predicted molar refractivity (Wildman–Crippen MR) is 70.8 cm³/mol. The van der Waals surface area contributed by atoms with Crippen molar-refractivity contribution in [3.05, 3.63) is 35.5 Å². The second-order valence-corrected chi connectivity index (χ2v) is 4.88. The SMILES string of the molecule is Cc1ccc(NC=C2C(=O)OC(C)(C)OC2=O)cc1O. The van der Waals surface area contributed by atoms with E-state index in [1.54, 1.807) is 19.1 Å². The third kappa shape index (κ3) is 2.90. The molecule has 1 aliphatic heterocycles. The summed E-state index contributed by atoms with van der Waals surface area (Å²) in [4.78, 5) is 23.4. The zero-order chi connectivity index (χ0) is 14.9. The van der Waals surface area contributed by atoms with Crippen molar-refractivity contribution in [3.8, 4) is 5.75 Å². The van der Waals surface area contributed by atoms with Crippen LogP contribution in [0.4, 0.5) is 5.69 Å². The summed E-state index contributed by atoms with van der Waals surface area (Å²) in [5.74, 6) is -2.65. The number of hydrogen-bond acceptors (Lipinski definition) is 6. The van der Waals surface area contributed by atoms with Gasteiger partial charge in [0.15, 0.2) is 5.57 Å². The van der Waals surface area contributed by atoms with Crippen molar-refractivity contribution in [2.75, 3.05) is 5.32 Å². The molecule has 0 aliphatic carbocycles. The Bertz CT molecular complexity index is 582. The quantitative estimate of drug-likeness (QED) is 0.487. The highest BCUT2D eigenvalue weighted by molar-refractivity contribution is 6.15. The van der Waals surface area contributed by atoms with E-state index < -0.39 is 17.7 Å². The third-order valence-electron chi connectivity index (χ3n) is 2.71. The maximum absolute atomic E-state index is 11.7. The lowest BCUT2D eigenvalue weighted by Gasteiger charge is -2.29. The minimum atomic E-state index is -1.26. The Kier molecular flexibility index (Phi) is 3.40. The van der Waals surface area contributed by atoms with Crippen LogP contribution in [0.25, 0.3) is 0 Å². The standard InChI is InChI=1S/C14H15NO5/c1-8-4-5-9(6-11(8)16)15-7-10-12(17)19-14(2,3)20-13(10)18/h4-7,15-16H,1-3H3. The first-order valence-electron chi connectivity index (χ1n) is 6.01. The number of carbonyl (C=O) groups is 2. The largest absolute Gasteiger partial charge is 0.508 e. The van der Waals surface area contributed by atoms with Crippen LogP contribution in [0.1, 0.15) is 19.4 Å². The van der Waals surface area contributed by atoms with Crippen molar-refractivity contribution < 1.29 is 24.2 Å². The van der Waals surface area contributed by atoms with E-state index in [1.165, 1.54) is 26.1 Å². The number of carbonyl (C=O) groups excluding carboxylic acids is 2. The summed E-state index contributed by atoms with van der Waals surface area (Å²) in [7, 11) is 0. The molecule has 1 aliphatic rings. The molecule has 6 nitrogen and oxygen atoms in total. The molecule has 0 aromatic heterocycles. The minimum absolute atomic E-state index is 0.114. The van der Waals surface area contributed by atoms with Gasteiger partial charge < -0.3 is 19.9 Å². The Morgan fingerprint density at radius 3 is 2.35 bits per heavy atom. The number of ether oxygens (including phenoxy) is 2. The topological polar surface area (TPSA) is 84.9 Å². The van der Waals surface area contributed by atoms with Crippen LogP contribution in [0, 0.1) is 6.92 Å². The van der Waals surface area contributed by atoms with Crippen molar-refractivity contribution in [2.24, 2.45) is 0 Å². The van der Waals surface area contributed by atoms with Crippen LogP contribution in [-0.2, 0) is 19.1 Å². The third-order valence-corrected chi connectivity index (χ3v) is 2.71. The zero-order valence-electron chi connectivity index (χ0n) is 11.4. The second-order valence-electron chi connectivity index (χ2n) is 4.88. The van der Waals surface area contributed by atoms with E-state index in [9.17, 15) is 14.7 Å². The van der Waals surface area contributed by atoms with Crippen LogP contribution in [0.15, 0.2) is 30.0 Å².